The molecule has 6 nitrogen and oxygen atoms in total. The maximum Gasteiger partial charge on any atom is 0.333 e. The summed E-state index contributed by atoms with van der Waals surface area (Å²) in [5, 5.41) is 14.4. The maximum atomic E-state index is 11.3. The number of hydrogen-bond donors (Lipinski definition) is 1. The van der Waals surface area contributed by atoms with Gasteiger partial charge in [0, 0.05) is 4.88 Å². The quantitative estimate of drug-likeness (QED) is 0.649. The number of hydrogen-bond acceptors (Lipinski definition) is 6. The van der Waals surface area contributed by atoms with Crippen molar-refractivity contribution in [1.82, 2.24) is 4.98 Å². The van der Waals surface area contributed by atoms with Crippen molar-refractivity contribution in [1.29, 1.82) is 0 Å². The molecule has 2 rings (SSSR count). The molecule has 1 heterocycles. The highest BCUT2D eigenvalue weighted by atomic mass is 32.1. The molecular formula is C14H17N3O3S. The Labute approximate surface area is 126 Å². The summed E-state index contributed by atoms with van der Waals surface area (Å²) in [6, 6.07) is 5.04. The summed E-state index contributed by atoms with van der Waals surface area (Å²) in [5.74, 6) is 0.279. The van der Waals surface area contributed by atoms with Crippen LogP contribution in [0.4, 0.5) is 11.4 Å². The lowest BCUT2D eigenvalue weighted by Gasteiger charge is -2.13. The zero-order valence-corrected chi connectivity index (χ0v) is 12.9. The van der Waals surface area contributed by atoms with Crippen molar-refractivity contribution in [2.45, 2.75) is 33.4 Å². The van der Waals surface area contributed by atoms with E-state index in [1.807, 2.05) is 20.8 Å². The minimum Gasteiger partial charge on any atom is -0.484 e. The Morgan fingerprint density at radius 2 is 2.24 bits per heavy atom. The predicted octanol–water partition coefficient (Wildman–Crippen LogP) is 3.76. The summed E-state index contributed by atoms with van der Waals surface area (Å²) >= 11 is 1.52. The Morgan fingerprint density at radius 1 is 1.48 bits per heavy atom. The number of anilines is 1. The highest BCUT2D eigenvalue weighted by Gasteiger charge is 2.21. The van der Waals surface area contributed by atoms with Crippen LogP contribution in [-0.4, -0.2) is 16.0 Å². The SMILES string of the molecule is Cc1ncsc1CNc1cccc(OC(C)C)c1[N+](=O)[O-]. The Kier molecular flexibility index (Phi) is 4.74. The minimum absolute atomic E-state index is 0.0339. The molecule has 0 unspecified atom stereocenters. The van der Waals surface area contributed by atoms with E-state index in [1.165, 1.54) is 11.3 Å². The van der Waals surface area contributed by atoms with Crippen LogP contribution in [0.5, 0.6) is 5.75 Å². The van der Waals surface area contributed by atoms with Gasteiger partial charge >= 0.3 is 5.69 Å². The molecule has 0 bridgehead atoms. The molecule has 112 valence electrons. The van der Waals surface area contributed by atoms with Crippen molar-refractivity contribution >= 4 is 22.7 Å². The maximum absolute atomic E-state index is 11.3. The van der Waals surface area contributed by atoms with Crippen molar-refractivity contribution in [3.63, 3.8) is 0 Å². The fraction of sp³-hybridized carbons (Fsp3) is 0.357. The first kappa shape index (κ1) is 15.2. The fourth-order valence-corrected chi connectivity index (χ4v) is 2.59. The van der Waals surface area contributed by atoms with Crippen LogP contribution in [0.2, 0.25) is 0 Å². The summed E-state index contributed by atoms with van der Waals surface area (Å²) in [6.45, 7) is 6.09. The molecule has 0 aliphatic rings. The number of para-hydroxylation sites is 1. The number of rotatable bonds is 6. The third-order valence-electron chi connectivity index (χ3n) is 2.83. The van der Waals surface area contributed by atoms with Gasteiger partial charge in [-0.15, -0.1) is 11.3 Å². The molecule has 0 atom stereocenters. The standard InChI is InChI=1S/C14H17N3O3S/c1-9(2)20-12-6-4-5-11(14(12)17(18)19)15-7-13-10(3)16-8-21-13/h4-6,8-9,15H,7H2,1-3H3. The van der Waals surface area contributed by atoms with E-state index >= 15 is 0 Å². The lowest BCUT2D eigenvalue weighted by Crippen LogP contribution is -2.09. The number of nitro benzene ring substituents is 1. The second-order valence-corrected chi connectivity index (χ2v) is 5.73. The first-order valence-electron chi connectivity index (χ1n) is 6.56. The third kappa shape index (κ3) is 3.69. The van der Waals surface area contributed by atoms with E-state index in [0.717, 1.165) is 10.6 Å². The Morgan fingerprint density at radius 3 is 2.81 bits per heavy atom. The van der Waals surface area contributed by atoms with Gasteiger partial charge in [-0.25, -0.2) is 4.98 Å². The Bertz CT molecular complexity index is 640. The lowest BCUT2D eigenvalue weighted by atomic mass is 10.2. The van der Waals surface area contributed by atoms with E-state index < -0.39 is 4.92 Å². The number of ether oxygens (including phenoxy) is 1. The van der Waals surface area contributed by atoms with Gasteiger partial charge in [-0.05, 0) is 32.9 Å². The lowest BCUT2D eigenvalue weighted by molar-refractivity contribution is -0.385. The average molecular weight is 307 g/mol. The van der Waals surface area contributed by atoms with Crippen LogP contribution in [-0.2, 0) is 6.54 Å². The fourth-order valence-electron chi connectivity index (χ4n) is 1.87. The van der Waals surface area contributed by atoms with E-state index in [4.69, 9.17) is 4.74 Å². The molecule has 21 heavy (non-hydrogen) atoms. The van der Waals surface area contributed by atoms with E-state index in [2.05, 4.69) is 10.3 Å². The van der Waals surface area contributed by atoms with Crippen molar-refractivity contribution in [2.24, 2.45) is 0 Å². The molecule has 1 aromatic carbocycles. The largest absolute Gasteiger partial charge is 0.484 e. The molecule has 0 aliphatic carbocycles. The molecule has 2 aromatic rings. The van der Waals surface area contributed by atoms with Gasteiger partial charge in [0.05, 0.1) is 28.8 Å². The van der Waals surface area contributed by atoms with Crippen LogP contribution in [0, 0.1) is 17.0 Å². The molecule has 0 fully saturated rings. The van der Waals surface area contributed by atoms with Gasteiger partial charge < -0.3 is 10.1 Å². The van der Waals surface area contributed by atoms with Crippen LogP contribution in [0.1, 0.15) is 24.4 Å². The first-order valence-corrected chi connectivity index (χ1v) is 7.44. The molecule has 0 spiro atoms. The number of aryl methyl sites for hydroxylation is 1. The van der Waals surface area contributed by atoms with Crippen LogP contribution < -0.4 is 10.1 Å². The molecular weight excluding hydrogens is 290 g/mol. The van der Waals surface area contributed by atoms with Crippen LogP contribution in [0.15, 0.2) is 23.7 Å². The second kappa shape index (κ2) is 6.53. The first-order chi connectivity index (χ1) is 9.99. The molecule has 7 heteroatoms. The van der Waals surface area contributed by atoms with Crippen molar-refractivity contribution in [3.8, 4) is 5.75 Å². The summed E-state index contributed by atoms with van der Waals surface area (Å²) in [7, 11) is 0. The minimum atomic E-state index is -0.417. The van der Waals surface area contributed by atoms with E-state index in [-0.39, 0.29) is 17.5 Å². The van der Waals surface area contributed by atoms with Gasteiger partial charge in [0.1, 0.15) is 5.69 Å². The van der Waals surface area contributed by atoms with Gasteiger partial charge in [-0.2, -0.15) is 0 Å². The van der Waals surface area contributed by atoms with Crippen LogP contribution >= 0.6 is 11.3 Å². The predicted molar refractivity (Wildman–Crippen MR) is 83.0 cm³/mol. The van der Waals surface area contributed by atoms with Crippen molar-refractivity contribution in [3.05, 3.63) is 44.4 Å². The smallest absolute Gasteiger partial charge is 0.333 e. The molecule has 1 N–H and O–H groups in total. The zero-order chi connectivity index (χ0) is 15.4. The van der Waals surface area contributed by atoms with E-state index in [9.17, 15) is 10.1 Å². The number of nitro groups is 1. The number of nitrogens with one attached hydrogen (secondary N) is 1. The Balaban J connectivity index is 2.26. The second-order valence-electron chi connectivity index (χ2n) is 4.79. The van der Waals surface area contributed by atoms with Gasteiger partial charge in [0.25, 0.3) is 0 Å². The van der Waals surface area contributed by atoms with Gasteiger partial charge in [0.2, 0.25) is 0 Å². The highest BCUT2D eigenvalue weighted by Crippen LogP contribution is 2.35. The Hall–Kier alpha value is -2.15. The topological polar surface area (TPSA) is 77.3 Å². The van der Waals surface area contributed by atoms with E-state index in [1.54, 1.807) is 23.7 Å². The normalized spacial score (nSPS) is 10.7. The van der Waals surface area contributed by atoms with E-state index in [0.29, 0.717) is 12.2 Å². The molecule has 0 amide bonds. The molecule has 0 saturated carbocycles. The monoisotopic (exact) mass is 307 g/mol. The number of thiazole rings is 1. The van der Waals surface area contributed by atoms with Crippen LogP contribution in [0.3, 0.4) is 0 Å². The van der Waals surface area contributed by atoms with Crippen molar-refractivity contribution in [2.75, 3.05) is 5.32 Å². The average Bonchev–Trinajstić information content (AvgIpc) is 2.81. The number of benzene rings is 1. The summed E-state index contributed by atoms with van der Waals surface area (Å²) < 4.78 is 5.52. The molecule has 0 saturated heterocycles. The molecule has 0 aliphatic heterocycles. The number of nitrogens with zero attached hydrogens (tertiary/aromatic N) is 2. The summed E-state index contributed by atoms with van der Waals surface area (Å²) in [5.41, 5.74) is 3.11. The summed E-state index contributed by atoms with van der Waals surface area (Å²) in [4.78, 5) is 16.1. The van der Waals surface area contributed by atoms with Crippen LogP contribution in [0.25, 0.3) is 0 Å². The molecule has 1 aromatic heterocycles. The van der Waals surface area contributed by atoms with Crippen molar-refractivity contribution < 1.29 is 9.66 Å². The number of aromatic nitrogens is 1. The summed E-state index contributed by atoms with van der Waals surface area (Å²) in [6.07, 6.45) is -0.123. The highest BCUT2D eigenvalue weighted by molar-refractivity contribution is 7.09. The van der Waals surface area contributed by atoms with Gasteiger partial charge in [-0.3, -0.25) is 10.1 Å². The third-order valence-corrected chi connectivity index (χ3v) is 3.76. The molecule has 0 radical (unpaired) electrons. The zero-order valence-electron chi connectivity index (χ0n) is 12.1. The van der Waals surface area contributed by atoms with Gasteiger partial charge in [0.15, 0.2) is 5.75 Å². The van der Waals surface area contributed by atoms with Gasteiger partial charge in [-0.1, -0.05) is 6.07 Å².